The third-order valence-electron chi connectivity index (χ3n) is 4.55. The van der Waals surface area contributed by atoms with Crippen LogP contribution in [0.25, 0.3) is 0 Å². The van der Waals surface area contributed by atoms with E-state index < -0.39 is 5.82 Å². The van der Waals surface area contributed by atoms with E-state index in [1.165, 1.54) is 48.2 Å². The largest absolute Gasteiger partial charge is 0.322 e. The number of hydrogen-bond acceptors (Lipinski definition) is 3. The number of halogens is 2. The van der Waals surface area contributed by atoms with Gasteiger partial charge in [-0.25, -0.2) is 8.78 Å². The number of thioether (sulfide) groups is 1. The molecule has 3 aromatic rings. The van der Waals surface area contributed by atoms with E-state index in [-0.39, 0.29) is 28.8 Å². The van der Waals surface area contributed by atoms with Crippen LogP contribution >= 0.6 is 11.8 Å². The Labute approximate surface area is 170 Å². The van der Waals surface area contributed by atoms with Crippen LogP contribution in [0.1, 0.15) is 21.3 Å². The van der Waals surface area contributed by atoms with Crippen molar-refractivity contribution in [2.24, 2.45) is 0 Å². The average Bonchev–Trinajstić information content (AvgIpc) is 3.11. The minimum absolute atomic E-state index is 0.0914. The molecule has 146 valence electrons. The molecule has 4 nitrogen and oxygen atoms in total. The van der Waals surface area contributed by atoms with Crippen LogP contribution in [-0.2, 0) is 4.79 Å². The van der Waals surface area contributed by atoms with Gasteiger partial charge in [0.15, 0.2) is 0 Å². The summed E-state index contributed by atoms with van der Waals surface area (Å²) in [5.74, 6) is -0.983. The molecule has 1 N–H and O–H groups in total. The summed E-state index contributed by atoms with van der Waals surface area (Å²) >= 11 is 1.43. The van der Waals surface area contributed by atoms with Crippen LogP contribution in [-0.4, -0.2) is 17.6 Å². The van der Waals surface area contributed by atoms with E-state index >= 15 is 0 Å². The van der Waals surface area contributed by atoms with Crippen molar-refractivity contribution in [1.82, 2.24) is 0 Å². The van der Waals surface area contributed by atoms with E-state index in [0.717, 1.165) is 5.56 Å². The van der Waals surface area contributed by atoms with E-state index in [9.17, 15) is 18.4 Å². The fraction of sp³-hybridized carbons (Fsp3) is 0.0909. The van der Waals surface area contributed by atoms with Gasteiger partial charge in [-0.1, -0.05) is 18.2 Å². The van der Waals surface area contributed by atoms with Gasteiger partial charge in [-0.2, -0.15) is 0 Å². The van der Waals surface area contributed by atoms with Crippen molar-refractivity contribution < 1.29 is 18.4 Å². The first-order chi connectivity index (χ1) is 14.0. The first-order valence-electron chi connectivity index (χ1n) is 8.88. The maximum atomic E-state index is 13.3. The molecule has 0 spiro atoms. The van der Waals surface area contributed by atoms with Crippen LogP contribution in [0, 0.1) is 11.6 Å². The maximum Gasteiger partial charge on any atom is 0.255 e. The Hall–Kier alpha value is -3.19. The monoisotopic (exact) mass is 410 g/mol. The zero-order valence-electron chi connectivity index (χ0n) is 15.1. The van der Waals surface area contributed by atoms with Crippen molar-refractivity contribution in [3.05, 3.63) is 95.6 Å². The highest BCUT2D eigenvalue weighted by atomic mass is 32.2. The Kier molecular flexibility index (Phi) is 5.31. The lowest BCUT2D eigenvalue weighted by atomic mass is 10.1. The van der Waals surface area contributed by atoms with E-state index in [1.807, 2.05) is 12.1 Å². The Morgan fingerprint density at radius 2 is 1.55 bits per heavy atom. The van der Waals surface area contributed by atoms with Crippen molar-refractivity contribution in [2.45, 2.75) is 5.37 Å². The second kappa shape index (κ2) is 8.05. The second-order valence-electron chi connectivity index (χ2n) is 6.45. The topological polar surface area (TPSA) is 49.4 Å². The van der Waals surface area contributed by atoms with E-state index in [0.29, 0.717) is 16.9 Å². The van der Waals surface area contributed by atoms with Gasteiger partial charge in [-0.3, -0.25) is 14.5 Å². The average molecular weight is 410 g/mol. The van der Waals surface area contributed by atoms with Gasteiger partial charge in [0.05, 0.1) is 5.75 Å². The summed E-state index contributed by atoms with van der Waals surface area (Å²) < 4.78 is 26.4. The molecule has 0 bridgehead atoms. The van der Waals surface area contributed by atoms with Crippen LogP contribution in [0.15, 0.2) is 72.8 Å². The molecule has 7 heteroatoms. The van der Waals surface area contributed by atoms with Gasteiger partial charge in [-0.15, -0.1) is 11.8 Å². The maximum absolute atomic E-state index is 13.3. The molecule has 29 heavy (non-hydrogen) atoms. The minimum atomic E-state index is -0.419. The molecule has 2 amide bonds. The molecule has 0 aromatic heterocycles. The smallest absolute Gasteiger partial charge is 0.255 e. The standard InChI is InChI=1S/C22H16F2N2O2S/c23-15-7-5-14(6-8-15)21(28)25-19-4-2-1-3-18(19)22-26(20(27)13-29-22)17-11-9-16(24)10-12-17/h1-12,22H,13H2,(H,25,28). The molecule has 1 aliphatic rings. The van der Waals surface area contributed by atoms with Gasteiger partial charge in [0, 0.05) is 22.5 Å². The molecule has 0 radical (unpaired) electrons. The van der Waals surface area contributed by atoms with Gasteiger partial charge in [0.25, 0.3) is 5.91 Å². The number of para-hydroxylation sites is 1. The summed E-state index contributed by atoms with van der Waals surface area (Å²) in [7, 11) is 0. The minimum Gasteiger partial charge on any atom is -0.322 e. The van der Waals surface area contributed by atoms with Gasteiger partial charge < -0.3 is 5.32 Å². The number of nitrogens with zero attached hydrogens (tertiary/aromatic N) is 1. The quantitative estimate of drug-likeness (QED) is 0.659. The van der Waals surface area contributed by atoms with Crippen molar-refractivity contribution in [3.63, 3.8) is 0 Å². The highest BCUT2D eigenvalue weighted by Crippen LogP contribution is 2.44. The zero-order valence-corrected chi connectivity index (χ0v) is 16.0. The number of nitrogens with one attached hydrogen (secondary N) is 1. The van der Waals surface area contributed by atoms with Crippen molar-refractivity contribution in [1.29, 1.82) is 0 Å². The SMILES string of the molecule is O=C(Nc1ccccc1C1SCC(=O)N1c1ccc(F)cc1)c1ccc(F)cc1. The lowest BCUT2D eigenvalue weighted by Crippen LogP contribution is -2.28. The lowest BCUT2D eigenvalue weighted by Gasteiger charge is -2.26. The summed E-state index contributed by atoms with van der Waals surface area (Å²) in [6.45, 7) is 0. The first kappa shape index (κ1) is 19.1. The van der Waals surface area contributed by atoms with Gasteiger partial charge in [0.1, 0.15) is 17.0 Å². The molecule has 1 heterocycles. The van der Waals surface area contributed by atoms with E-state index in [2.05, 4.69) is 5.32 Å². The predicted molar refractivity (Wildman–Crippen MR) is 110 cm³/mol. The fourth-order valence-electron chi connectivity index (χ4n) is 3.16. The zero-order chi connectivity index (χ0) is 20.4. The molecule has 3 aromatic carbocycles. The number of hydrogen-bond donors (Lipinski definition) is 1. The molecule has 1 aliphatic heterocycles. The Morgan fingerprint density at radius 1 is 0.931 bits per heavy atom. The highest BCUT2D eigenvalue weighted by molar-refractivity contribution is 8.00. The molecule has 0 aliphatic carbocycles. The van der Waals surface area contributed by atoms with Crippen LogP contribution in [0.3, 0.4) is 0 Å². The summed E-state index contributed by atoms with van der Waals surface area (Å²) in [4.78, 5) is 26.7. The van der Waals surface area contributed by atoms with Gasteiger partial charge in [-0.05, 0) is 54.6 Å². The van der Waals surface area contributed by atoms with Gasteiger partial charge >= 0.3 is 0 Å². The third-order valence-corrected chi connectivity index (χ3v) is 5.75. The molecule has 1 atom stereocenters. The van der Waals surface area contributed by atoms with Gasteiger partial charge in [0.2, 0.25) is 5.91 Å². The number of rotatable bonds is 4. The summed E-state index contributed by atoms with van der Waals surface area (Å²) in [6, 6.07) is 18.2. The van der Waals surface area contributed by atoms with Crippen LogP contribution in [0.4, 0.5) is 20.2 Å². The molecule has 4 rings (SSSR count). The summed E-state index contributed by atoms with van der Waals surface area (Å²) in [5, 5.41) is 2.48. The number of carbonyl (C=O) groups excluding carboxylic acids is 2. The summed E-state index contributed by atoms with van der Waals surface area (Å²) in [5.41, 5.74) is 2.22. The normalized spacial score (nSPS) is 16.1. The molecule has 0 saturated carbocycles. The molecule has 1 unspecified atom stereocenters. The highest BCUT2D eigenvalue weighted by Gasteiger charge is 2.35. The fourth-order valence-corrected chi connectivity index (χ4v) is 4.37. The van der Waals surface area contributed by atoms with Crippen molar-refractivity contribution in [3.8, 4) is 0 Å². The first-order valence-corrected chi connectivity index (χ1v) is 9.93. The lowest BCUT2D eigenvalue weighted by molar-refractivity contribution is -0.115. The number of carbonyl (C=O) groups is 2. The predicted octanol–water partition coefficient (Wildman–Crippen LogP) is 5.00. The number of benzene rings is 3. The number of amides is 2. The molecule has 1 fully saturated rings. The molecule has 1 saturated heterocycles. The Bertz CT molecular complexity index is 1060. The second-order valence-corrected chi connectivity index (χ2v) is 7.52. The molecular weight excluding hydrogens is 394 g/mol. The van der Waals surface area contributed by atoms with Crippen LogP contribution < -0.4 is 10.2 Å². The third kappa shape index (κ3) is 4.00. The molecular formula is C22H16F2N2O2S. The van der Waals surface area contributed by atoms with Crippen LogP contribution in [0.2, 0.25) is 0 Å². The Balaban J connectivity index is 1.65. The van der Waals surface area contributed by atoms with E-state index in [4.69, 9.17) is 0 Å². The Morgan fingerprint density at radius 3 is 2.24 bits per heavy atom. The van der Waals surface area contributed by atoms with Crippen LogP contribution in [0.5, 0.6) is 0 Å². The van der Waals surface area contributed by atoms with E-state index in [1.54, 1.807) is 29.2 Å². The summed E-state index contributed by atoms with van der Waals surface area (Å²) in [6.07, 6.45) is 0. The van der Waals surface area contributed by atoms with Crippen molar-refractivity contribution in [2.75, 3.05) is 16.0 Å². The van der Waals surface area contributed by atoms with Crippen molar-refractivity contribution >= 4 is 35.0 Å². The number of anilines is 2.